The number of fused-ring (bicyclic) bond motifs is 3. The van der Waals surface area contributed by atoms with Crippen molar-refractivity contribution < 1.29 is 4.42 Å². The van der Waals surface area contributed by atoms with Crippen molar-refractivity contribution in [2.45, 2.75) is 0 Å². The highest BCUT2D eigenvalue weighted by Gasteiger charge is 2.19. The molecule has 2 heterocycles. The van der Waals surface area contributed by atoms with Gasteiger partial charge in [0.15, 0.2) is 5.82 Å². The molecule has 3 nitrogen and oxygen atoms in total. The molecule has 7 rings (SSSR count). The largest absolute Gasteiger partial charge is 0.438 e. The van der Waals surface area contributed by atoms with Crippen molar-refractivity contribution in [3.8, 4) is 44.9 Å². The maximum atomic E-state index is 6.26. The first kappa shape index (κ1) is 21.3. The lowest BCUT2D eigenvalue weighted by Gasteiger charge is -2.11. The molecule has 0 aliphatic heterocycles. The molecule has 2 aromatic heterocycles. The molecule has 37 heavy (non-hydrogen) atoms. The number of furan rings is 1. The van der Waals surface area contributed by atoms with E-state index in [1.165, 1.54) is 11.1 Å². The average molecular weight is 475 g/mol. The zero-order valence-electron chi connectivity index (χ0n) is 20.0. The van der Waals surface area contributed by atoms with Crippen LogP contribution in [0.5, 0.6) is 0 Å². The summed E-state index contributed by atoms with van der Waals surface area (Å²) in [4.78, 5) is 10.1. The molecule has 0 saturated heterocycles. The molecule has 0 fully saturated rings. The van der Waals surface area contributed by atoms with Crippen LogP contribution in [0.15, 0.2) is 138 Å². The van der Waals surface area contributed by atoms with Crippen molar-refractivity contribution in [2.24, 2.45) is 0 Å². The fourth-order valence-electron chi connectivity index (χ4n) is 4.95. The Hall–Kier alpha value is -5.02. The third kappa shape index (κ3) is 3.78. The third-order valence-corrected chi connectivity index (χ3v) is 6.76. The van der Waals surface area contributed by atoms with Crippen LogP contribution in [0, 0.1) is 0 Å². The van der Waals surface area contributed by atoms with Crippen LogP contribution in [0.3, 0.4) is 0 Å². The summed E-state index contributed by atoms with van der Waals surface area (Å²) in [5, 5.41) is 1.95. The molecule has 7 aromatic rings. The minimum absolute atomic E-state index is 0.594. The molecule has 0 atom stereocenters. The highest BCUT2D eigenvalue weighted by atomic mass is 16.3. The number of nitrogens with zero attached hydrogens (tertiary/aromatic N) is 2. The predicted molar refractivity (Wildman–Crippen MR) is 151 cm³/mol. The standard InChI is InChI=1S/C34H22N2O/c1-3-11-23(12-4-1)24-19-21-26(22-20-24)32-31-29-17-9-10-18-30(29)37-34(31)36-33(35-32)28-16-8-7-15-27(28)25-13-5-2-6-14-25/h1-22H. The van der Waals surface area contributed by atoms with E-state index in [1.54, 1.807) is 0 Å². The third-order valence-electron chi connectivity index (χ3n) is 6.76. The first-order valence-corrected chi connectivity index (χ1v) is 12.4. The van der Waals surface area contributed by atoms with E-state index < -0.39 is 0 Å². The van der Waals surface area contributed by atoms with Crippen molar-refractivity contribution in [3.05, 3.63) is 133 Å². The molecule has 0 aliphatic rings. The van der Waals surface area contributed by atoms with Gasteiger partial charge in [0.1, 0.15) is 5.58 Å². The van der Waals surface area contributed by atoms with E-state index in [0.29, 0.717) is 11.5 Å². The molecule has 0 unspecified atom stereocenters. The van der Waals surface area contributed by atoms with Gasteiger partial charge in [0.2, 0.25) is 5.71 Å². The van der Waals surface area contributed by atoms with E-state index >= 15 is 0 Å². The molecule has 0 spiro atoms. The molecule has 0 bridgehead atoms. The van der Waals surface area contributed by atoms with Crippen LogP contribution in [0.25, 0.3) is 67.0 Å². The van der Waals surface area contributed by atoms with Gasteiger partial charge in [-0.3, -0.25) is 0 Å². The van der Waals surface area contributed by atoms with E-state index in [4.69, 9.17) is 14.4 Å². The molecule has 0 amide bonds. The van der Waals surface area contributed by atoms with Crippen molar-refractivity contribution >= 4 is 22.1 Å². The van der Waals surface area contributed by atoms with Crippen LogP contribution in [0.4, 0.5) is 0 Å². The van der Waals surface area contributed by atoms with E-state index in [2.05, 4.69) is 97.1 Å². The van der Waals surface area contributed by atoms with Gasteiger partial charge >= 0.3 is 0 Å². The lowest BCUT2D eigenvalue weighted by atomic mass is 9.98. The molecule has 3 heteroatoms. The van der Waals surface area contributed by atoms with Gasteiger partial charge in [-0.25, -0.2) is 4.98 Å². The molecular formula is C34H22N2O. The maximum absolute atomic E-state index is 6.26. The number of para-hydroxylation sites is 1. The average Bonchev–Trinajstić information content (AvgIpc) is 3.36. The van der Waals surface area contributed by atoms with Crippen molar-refractivity contribution in [2.75, 3.05) is 0 Å². The fourth-order valence-corrected chi connectivity index (χ4v) is 4.95. The second-order valence-corrected chi connectivity index (χ2v) is 9.03. The van der Waals surface area contributed by atoms with Gasteiger partial charge in [-0.05, 0) is 28.3 Å². The summed E-state index contributed by atoms with van der Waals surface area (Å²) in [5.41, 5.74) is 8.83. The molecule has 174 valence electrons. The summed E-state index contributed by atoms with van der Waals surface area (Å²) in [6.45, 7) is 0. The maximum Gasteiger partial charge on any atom is 0.231 e. The second-order valence-electron chi connectivity index (χ2n) is 9.03. The number of rotatable bonds is 4. The first-order valence-electron chi connectivity index (χ1n) is 12.4. The number of hydrogen-bond acceptors (Lipinski definition) is 3. The summed E-state index contributed by atoms with van der Waals surface area (Å²) < 4.78 is 6.26. The molecule has 0 N–H and O–H groups in total. The summed E-state index contributed by atoms with van der Waals surface area (Å²) in [7, 11) is 0. The van der Waals surface area contributed by atoms with E-state index in [1.807, 2.05) is 36.4 Å². The minimum atomic E-state index is 0.594. The van der Waals surface area contributed by atoms with Crippen LogP contribution in [-0.4, -0.2) is 9.97 Å². The molecule has 0 saturated carbocycles. The Bertz CT molecular complexity index is 1850. The van der Waals surface area contributed by atoms with E-state index in [0.717, 1.165) is 44.3 Å². The van der Waals surface area contributed by atoms with Gasteiger partial charge in [0, 0.05) is 16.5 Å². The lowest BCUT2D eigenvalue weighted by Crippen LogP contribution is -1.95. The van der Waals surface area contributed by atoms with Gasteiger partial charge in [-0.2, -0.15) is 4.98 Å². The topological polar surface area (TPSA) is 38.9 Å². The zero-order chi connectivity index (χ0) is 24.6. The minimum Gasteiger partial charge on any atom is -0.438 e. The molecule has 0 radical (unpaired) electrons. The normalized spacial score (nSPS) is 11.2. The number of aromatic nitrogens is 2. The Balaban J connectivity index is 1.46. The first-order chi connectivity index (χ1) is 18.3. The van der Waals surface area contributed by atoms with Gasteiger partial charge < -0.3 is 4.42 Å². The Morgan fingerprint density at radius 3 is 1.76 bits per heavy atom. The Morgan fingerprint density at radius 2 is 1.00 bits per heavy atom. The summed E-state index contributed by atoms with van der Waals surface area (Å²) in [6.07, 6.45) is 0. The van der Waals surface area contributed by atoms with Gasteiger partial charge in [0.05, 0.1) is 11.1 Å². The van der Waals surface area contributed by atoms with Gasteiger partial charge in [-0.1, -0.05) is 127 Å². The van der Waals surface area contributed by atoms with Crippen LogP contribution >= 0.6 is 0 Å². The quantitative estimate of drug-likeness (QED) is 0.255. The highest BCUT2D eigenvalue weighted by Crippen LogP contribution is 2.38. The SMILES string of the molecule is c1ccc(-c2ccc(-c3nc(-c4ccccc4-c4ccccc4)nc4oc5ccccc5c34)cc2)cc1. The monoisotopic (exact) mass is 474 g/mol. The van der Waals surface area contributed by atoms with Crippen molar-refractivity contribution in [3.63, 3.8) is 0 Å². The Morgan fingerprint density at radius 1 is 0.432 bits per heavy atom. The van der Waals surface area contributed by atoms with E-state index in [9.17, 15) is 0 Å². The molecule has 5 aromatic carbocycles. The van der Waals surface area contributed by atoms with Crippen molar-refractivity contribution in [1.82, 2.24) is 9.97 Å². The van der Waals surface area contributed by atoms with Crippen molar-refractivity contribution in [1.29, 1.82) is 0 Å². The predicted octanol–water partition coefficient (Wildman–Crippen LogP) is 9.04. The fraction of sp³-hybridized carbons (Fsp3) is 0. The zero-order valence-corrected chi connectivity index (χ0v) is 20.0. The number of hydrogen-bond donors (Lipinski definition) is 0. The van der Waals surface area contributed by atoms with Crippen LogP contribution in [0.1, 0.15) is 0 Å². The highest BCUT2D eigenvalue weighted by molar-refractivity contribution is 6.10. The second kappa shape index (κ2) is 8.89. The number of benzene rings is 5. The summed E-state index contributed by atoms with van der Waals surface area (Å²) in [6, 6.07) is 45.7. The molecule has 0 aliphatic carbocycles. The van der Waals surface area contributed by atoms with Gasteiger partial charge in [0.25, 0.3) is 0 Å². The van der Waals surface area contributed by atoms with Crippen LogP contribution in [0.2, 0.25) is 0 Å². The van der Waals surface area contributed by atoms with E-state index in [-0.39, 0.29) is 0 Å². The Labute approximate surface area is 214 Å². The summed E-state index contributed by atoms with van der Waals surface area (Å²) >= 11 is 0. The smallest absolute Gasteiger partial charge is 0.231 e. The Kier molecular flexibility index (Phi) is 5.11. The van der Waals surface area contributed by atoms with Crippen LogP contribution in [-0.2, 0) is 0 Å². The molecular weight excluding hydrogens is 452 g/mol. The van der Waals surface area contributed by atoms with Gasteiger partial charge in [-0.15, -0.1) is 0 Å². The van der Waals surface area contributed by atoms with Crippen LogP contribution < -0.4 is 0 Å². The lowest BCUT2D eigenvalue weighted by molar-refractivity contribution is 0.653. The summed E-state index contributed by atoms with van der Waals surface area (Å²) in [5.74, 6) is 0.646.